The van der Waals surface area contributed by atoms with Crippen LogP contribution < -0.4 is 26.6 Å². The van der Waals surface area contributed by atoms with Gasteiger partial charge in [0.2, 0.25) is 0 Å². The largest absolute Gasteiger partial charge is 0.496 e. The number of unbranched alkanes of at least 4 members (excludes halogenated alkanes) is 2. The number of carbonyl (C=O) groups excluding carboxylic acids is 1. The molecular formula is C37H46F8N2O9. The van der Waals surface area contributed by atoms with Crippen LogP contribution in [-0.2, 0) is 30.2 Å². The number of methoxy groups -OCH3 is 1. The zero-order chi connectivity index (χ0) is 42.5. The van der Waals surface area contributed by atoms with Gasteiger partial charge in [-0.05, 0) is 83.7 Å². The molecule has 0 bridgehead atoms. The molecule has 56 heavy (non-hydrogen) atoms. The Labute approximate surface area is 317 Å². The van der Waals surface area contributed by atoms with Gasteiger partial charge in [0.1, 0.15) is 17.1 Å². The van der Waals surface area contributed by atoms with Crippen molar-refractivity contribution in [2.75, 3.05) is 20.3 Å². The van der Waals surface area contributed by atoms with Gasteiger partial charge in [-0.15, -0.1) is 17.6 Å². The Hall–Kier alpha value is -4.04. The topological polar surface area (TPSA) is 155 Å². The monoisotopic (exact) mass is 814 g/mol. The maximum atomic E-state index is 14.4. The van der Waals surface area contributed by atoms with Crippen molar-refractivity contribution in [1.29, 1.82) is 0 Å². The lowest BCUT2D eigenvalue weighted by Crippen LogP contribution is -2.58. The summed E-state index contributed by atoms with van der Waals surface area (Å²) >= 11 is 0. The van der Waals surface area contributed by atoms with Crippen LogP contribution in [0.25, 0.3) is 22.1 Å². The molecule has 0 amide bonds. The Morgan fingerprint density at radius 2 is 1.38 bits per heavy atom. The van der Waals surface area contributed by atoms with Crippen molar-refractivity contribution >= 4 is 16.9 Å². The van der Waals surface area contributed by atoms with E-state index in [1.807, 2.05) is 6.07 Å². The summed E-state index contributed by atoms with van der Waals surface area (Å²) < 4.78 is 142. The highest BCUT2D eigenvalue weighted by Gasteiger charge is 2.58. The number of fused-ring (bicyclic) bond motifs is 1. The van der Waals surface area contributed by atoms with Crippen molar-refractivity contribution in [1.82, 2.24) is 0 Å². The summed E-state index contributed by atoms with van der Waals surface area (Å²) in [6.07, 6.45) is -18.6. The second kappa shape index (κ2) is 17.2. The average Bonchev–Trinajstić information content (AvgIpc) is 3.03. The van der Waals surface area contributed by atoms with E-state index in [4.69, 9.17) is 25.4 Å². The molecule has 0 radical (unpaired) electrons. The fourth-order valence-electron chi connectivity index (χ4n) is 5.60. The van der Waals surface area contributed by atoms with Gasteiger partial charge in [-0.2, -0.15) is 17.6 Å². The van der Waals surface area contributed by atoms with E-state index in [2.05, 4.69) is 25.9 Å². The molecule has 3 aromatic rings. The minimum Gasteiger partial charge on any atom is -0.496 e. The van der Waals surface area contributed by atoms with Gasteiger partial charge in [0.25, 0.3) is 0 Å². The minimum atomic E-state index is -5.98. The maximum absolute atomic E-state index is 14.4. The zero-order valence-electron chi connectivity index (χ0n) is 31.8. The summed E-state index contributed by atoms with van der Waals surface area (Å²) in [7, 11) is 1.44. The Morgan fingerprint density at radius 1 is 0.768 bits per heavy atom. The molecular weight excluding hydrogens is 768 g/mol. The van der Waals surface area contributed by atoms with E-state index in [0.717, 1.165) is 43.4 Å². The number of benzene rings is 2. The number of ether oxygens (including phenoxy) is 6. The molecule has 0 spiro atoms. The van der Waals surface area contributed by atoms with E-state index < -0.39 is 71.9 Å². The average molecular weight is 815 g/mol. The number of halogens is 8. The zero-order valence-corrected chi connectivity index (χ0v) is 31.8. The predicted octanol–water partition coefficient (Wildman–Crippen LogP) is 8.33. The Kier molecular flexibility index (Phi) is 14.2. The van der Waals surface area contributed by atoms with Crippen molar-refractivity contribution in [3.05, 3.63) is 58.4 Å². The second-order valence-corrected chi connectivity index (χ2v) is 14.7. The molecule has 0 aliphatic carbocycles. The van der Waals surface area contributed by atoms with Gasteiger partial charge < -0.3 is 30.1 Å². The number of carbonyl (C=O) groups is 1. The van der Waals surface area contributed by atoms with Crippen LogP contribution in [0.15, 0.2) is 51.7 Å². The summed E-state index contributed by atoms with van der Waals surface area (Å²) in [5.74, 6) is -1.46. The van der Waals surface area contributed by atoms with Crippen LogP contribution in [0.4, 0.5) is 35.1 Å². The molecule has 1 atom stereocenters. The summed E-state index contributed by atoms with van der Waals surface area (Å²) in [5.41, 5.74) is 8.20. The van der Waals surface area contributed by atoms with Crippen molar-refractivity contribution in [2.24, 2.45) is 16.9 Å². The standard InChI is InChI=1S/C37H46F8N2O9/c1-8-9-10-11-22-12-15-25(28(16-22)50-7)26-17-23-13-14-24(18-27(23)53-29(26)48)51-20-34(38,39)54-36(42,43)56-37(44,45)55-35(40,41)21-52-30(49)33(6,32(4,5)47)19-31(2,3)46/h12-18H,8-11,19-21,46-47H2,1-7H3. The number of alkyl halides is 8. The van der Waals surface area contributed by atoms with Crippen LogP contribution in [0, 0.1) is 5.41 Å². The van der Waals surface area contributed by atoms with Gasteiger partial charge in [-0.3, -0.25) is 4.79 Å². The lowest BCUT2D eigenvalue weighted by molar-refractivity contribution is -0.574. The first-order valence-corrected chi connectivity index (χ1v) is 17.3. The first-order valence-electron chi connectivity index (χ1n) is 17.3. The normalized spacial score (nSPS) is 14.4. The van der Waals surface area contributed by atoms with Crippen LogP contribution >= 0.6 is 0 Å². The molecule has 0 aliphatic rings. The van der Waals surface area contributed by atoms with Gasteiger partial charge in [-0.25, -0.2) is 19.0 Å². The van der Waals surface area contributed by atoms with Crippen LogP contribution in [0.2, 0.25) is 0 Å². The molecule has 19 heteroatoms. The summed E-state index contributed by atoms with van der Waals surface area (Å²) in [5, 5.41) is 0.300. The first kappa shape index (κ1) is 46.3. The van der Waals surface area contributed by atoms with E-state index >= 15 is 0 Å². The van der Waals surface area contributed by atoms with Crippen molar-refractivity contribution in [3.8, 4) is 22.6 Å². The molecule has 0 fully saturated rings. The second-order valence-electron chi connectivity index (χ2n) is 14.7. The van der Waals surface area contributed by atoms with E-state index in [9.17, 15) is 44.7 Å². The third-order valence-electron chi connectivity index (χ3n) is 8.57. The van der Waals surface area contributed by atoms with Gasteiger partial charge in [0.05, 0.1) is 18.1 Å². The molecule has 0 saturated carbocycles. The van der Waals surface area contributed by atoms with Gasteiger partial charge >= 0.3 is 36.4 Å². The first-order chi connectivity index (χ1) is 25.5. The summed E-state index contributed by atoms with van der Waals surface area (Å²) in [6.45, 7) is 4.70. The molecule has 11 nitrogen and oxygen atoms in total. The summed E-state index contributed by atoms with van der Waals surface area (Å²) in [6, 6.07) is 10.2. The molecule has 1 unspecified atom stereocenters. The van der Waals surface area contributed by atoms with E-state index in [0.29, 0.717) is 16.7 Å². The highest BCUT2D eigenvalue weighted by molar-refractivity contribution is 5.84. The van der Waals surface area contributed by atoms with Gasteiger partial charge in [0, 0.05) is 28.1 Å². The molecule has 1 heterocycles. The van der Waals surface area contributed by atoms with E-state index in [-0.39, 0.29) is 17.6 Å². The lowest BCUT2D eigenvalue weighted by atomic mass is 9.67. The highest BCUT2D eigenvalue weighted by Crippen LogP contribution is 2.40. The quantitative estimate of drug-likeness (QED) is 0.0351. The van der Waals surface area contributed by atoms with Gasteiger partial charge in [0.15, 0.2) is 13.2 Å². The van der Waals surface area contributed by atoms with Crippen molar-refractivity contribution in [2.45, 2.75) is 110 Å². The number of hydrogen-bond donors (Lipinski definition) is 2. The Morgan fingerprint density at radius 3 is 1.93 bits per heavy atom. The molecule has 0 aliphatic heterocycles. The number of nitrogens with two attached hydrogens (primary N) is 2. The SMILES string of the molecule is CCCCCc1ccc(-c2cc3ccc(OCC(F)(F)OC(F)(F)OC(F)(F)OC(F)(F)COC(=O)C(C)(CC(C)(C)N)C(C)(C)N)cc3oc2=O)c(OC)c1. The molecule has 4 N–H and O–H groups in total. The molecule has 314 valence electrons. The third-order valence-corrected chi connectivity index (χ3v) is 8.57. The minimum absolute atomic E-state index is 0.120. The molecule has 3 rings (SSSR count). The number of aryl methyl sites for hydroxylation is 1. The van der Waals surface area contributed by atoms with Crippen LogP contribution in [0.3, 0.4) is 0 Å². The number of hydrogen-bond acceptors (Lipinski definition) is 11. The van der Waals surface area contributed by atoms with E-state index in [1.54, 1.807) is 12.1 Å². The molecule has 2 aromatic carbocycles. The van der Waals surface area contributed by atoms with Crippen LogP contribution in [-0.4, -0.2) is 62.2 Å². The maximum Gasteiger partial charge on any atom is 0.496 e. The lowest BCUT2D eigenvalue weighted by Gasteiger charge is -2.43. The van der Waals surface area contributed by atoms with Crippen molar-refractivity contribution < 1.29 is 72.8 Å². The van der Waals surface area contributed by atoms with Crippen LogP contribution in [0.1, 0.15) is 72.8 Å². The fourth-order valence-corrected chi connectivity index (χ4v) is 5.60. The Bertz CT molecular complexity index is 1880. The molecule has 0 saturated heterocycles. The van der Waals surface area contributed by atoms with Gasteiger partial charge in [-0.1, -0.05) is 31.9 Å². The summed E-state index contributed by atoms with van der Waals surface area (Å²) in [4.78, 5) is 25.7. The fraction of sp³-hybridized carbons (Fsp3) is 0.568. The Balaban J connectivity index is 1.65. The highest BCUT2D eigenvalue weighted by atomic mass is 19.3. The molecule has 1 aromatic heterocycles. The number of rotatable bonds is 21. The van der Waals surface area contributed by atoms with Crippen LogP contribution in [0.5, 0.6) is 11.5 Å². The van der Waals surface area contributed by atoms with Crippen molar-refractivity contribution in [3.63, 3.8) is 0 Å². The third kappa shape index (κ3) is 13.0. The number of esters is 1. The predicted molar refractivity (Wildman–Crippen MR) is 186 cm³/mol. The smallest absolute Gasteiger partial charge is 0.496 e. The van der Waals surface area contributed by atoms with E-state index in [1.165, 1.54) is 53.9 Å².